The molecule has 8 heteroatoms. The van der Waals surface area contributed by atoms with Crippen molar-refractivity contribution < 1.29 is 4.39 Å². The van der Waals surface area contributed by atoms with E-state index < -0.39 is 5.82 Å². The van der Waals surface area contributed by atoms with E-state index in [-0.39, 0.29) is 5.84 Å². The Morgan fingerprint density at radius 3 is 2.81 bits per heavy atom. The van der Waals surface area contributed by atoms with Gasteiger partial charge in [-0.1, -0.05) is 0 Å². The second kappa shape index (κ2) is 4.82. The molecule has 5 N–H and O–H groups in total. The van der Waals surface area contributed by atoms with E-state index in [1.54, 1.807) is 17.0 Å². The molecule has 106 valence electrons. The molecule has 21 heavy (non-hydrogen) atoms. The molecule has 2 heterocycles. The van der Waals surface area contributed by atoms with Crippen LogP contribution in [0.4, 0.5) is 10.2 Å². The van der Waals surface area contributed by atoms with Crippen molar-refractivity contribution in [2.45, 2.75) is 6.54 Å². The van der Waals surface area contributed by atoms with E-state index in [2.05, 4.69) is 15.0 Å². The number of nitrogen functional groups attached to an aromatic ring is 2. The minimum absolute atomic E-state index is 0.183. The van der Waals surface area contributed by atoms with Crippen LogP contribution in [0.5, 0.6) is 0 Å². The normalized spacial score (nSPS) is 10.9. The van der Waals surface area contributed by atoms with Crippen LogP contribution in [-0.4, -0.2) is 25.4 Å². The van der Waals surface area contributed by atoms with Crippen LogP contribution < -0.4 is 11.5 Å². The van der Waals surface area contributed by atoms with Crippen LogP contribution in [0, 0.1) is 11.2 Å². The van der Waals surface area contributed by atoms with Gasteiger partial charge in [0.05, 0.1) is 12.9 Å². The van der Waals surface area contributed by atoms with Crippen molar-refractivity contribution in [3.8, 4) is 0 Å². The summed E-state index contributed by atoms with van der Waals surface area (Å²) in [5.74, 6) is -0.337. The smallest absolute Gasteiger partial charge is 0.165 e. The summed E-state index contributed by atoms with van der Waals surface area (Å²) in [5.41, 5.74) is 13.2. The Kier molecular flexibility index (Phi) is 2.98. The maximum atomic E-state index is 13.6. The summed E-state index contributed by atoms with van der Waals surface area (Å²) in [5, 5.41) is 7.39. The van der Waals surface area contributed by atoms with Crippen molar-refractivity contribution in [1.82, 2.24) is 19.5 Å². The maximum absolute atomic E-state index is 13.6. The van der Waals surface area contributed by atoms with Gasteiger partial charge in [0.1, 0.15) is 23.5 Å². The average molecular weight is 285 g/mol. The van der Waals surface area contributed by atoms with Crippen molar-refractivity contribution in [3.05, 3.63) is 47.8 Å². The summed E-state index contributed by atoms with van der Waals surface area (Å²) in [6.07, 6.45) is 2.91. The SMILES string of the molecule is N=C(N)c1cc(F)cc(Cn2cnc3c(N)ncnc32)c1. The van der Waals surface area contributed by atoms with Gasteiger partial charge in [0, 0.05) is 5.56 Å². The van der Waals surface area contributed by atoms with Crippen LogP contribution in [0.25, 0.3) is 11.2 Å². The lowest BCUT2D eigenvalue weighted by atomic mass is 10.1. The number of anilines is 1. The van der Waals surface area contributed by atoms with Gasteiger partial charge in [-0.05, 0) is 23.8 Å². The topological polar surface area (TPSA) is 119 Å². The largest absolute Gasteiger partial charge is 0.384 e. The molecule has 7 nitrogen and oxygen atoms in total. The highest BCUT2D eigenvalue weighted by molar-refractivity contribution is 5.95. The van der Waals surface area contributed by atoms with Crippen molar-refractivity contribution in [2.24, 2.45) is 5.73 Å². The first-order valence-electron chi connectivity index (χ1n) is 6.10. The van der Waals surface area contributed by atoms with Gasteiger partial charge in [0.15, 0.2) is 11.5 Å². The first kappa shape index (κ1) is 13.0. The molecule has 0 radical (unpaired) electrons. The summed E-state index contributed by atoms with van der Waals surface area (Å²) in [6.45, 7) is 0.338. The van der Waals surface area contributed by atoms with Gasteiger partial charge in [-0.15, -0.1) is 0 Å². The fourth-order valence-corrected chi connectivity index (χ4v) is 2.11. The summed E-state index contributed by atoms with van der Waals surface area (Å²) < 4.78 is 15.3. The van der Waals surface area contributed by atoms with Crippen molar-refractivity contribution in [1.29, 1.82) is 5.41 Å². The molecule has 0 fully saturated rings. The summed E-state index contributed by atoms with van der Waals surface area (Å²) in [7, 11) is 0. The summed E-state index contributed by atoms with van der Waals surface area (Å²) in [6, 6.07) is 4.25. The fourth-order valence-electron chi connectivity index (χ4n) is 2.11. The van der Waals surface area contributed by atoms with Gasteiger partial charge in [-0.3, -0.25) is 5.41 Å². The van der Waals surface area contributed by atoms with Gasteiger partial charge in [-0.25, -0.2) is 19.3 Å². The Labute approximate surface area is 119 Å². The van der Waals surface area contributed by atoms with E-state index >= 15 is 0 Å². The minimum atomic E-state index is -0.448. The third-order valence-corrected chi connectivity index (χ3v) is 3.05. The molecule has 0 aliphatic rings. The van der Waals surface area contributed by atoms with Crippen LogP contribution in [-0.2, 0) is 6.54 Å². The van der Waals surface area contributed by atoms with Gasteiger partial charge in [-0.2, -0.15) is 0 Å². The number of halogens is 1. The number of nitrogens with zero attached hydrogens (tertiary/aromatic N) is 4. The summed E-state index contributed by atoms with van der Waals surface area (Å²) in [4.78, 5) is 12.1. The number of amidine groups is 1. The van der Waals surface area contributed by atoms with Crippen LogP contribution in [0.3, 0.4) is 0 Å². The van der Waals surface area contributed by atoms with Crippen LogP contribution in [0.2, 0.25) is 0 Å². The van der Waals surface area contributed by atoms with E-state index in [0.29, 0.717) is 34.7 Å². The zero-order valence-electron chi connectivity index (χ0n) is 10.9. The third-order valence-electron chi connectivity index (χ3n) is 3.05. The van der Waals surface area contributed by atoms with Crippen molar-refractivity contribution in [3.63, 3.8) is 0 Å². The quantitative estimate of drug-likeness (QED) is 0.487. The van der Waals surface area contributed by atoms with Gasteiger partial charge in [0.25, 0.3) is 0 Å². The molecular formula is C13H12FN7. The molecule has 3 aromatic rings. The molecule has 0 saturated carbocycles. The van der Waals surface area contributed by atoms with Crippen LogP contribution >= 0.6 is 0 Å². The lowest BCUT2D eigenvalue weighted by molar-refractivity contribution is 0.623. The van der Waals surface area contributed by atoms with Crippen LogP contribution in [0.15, 0.2) is 30.9 Å². The molecule has 1 aromatic carbocycles. The average Bonchev–Trinajstić information content (AvgIpc) is 2.83. The standard InChI is InChI=1S/C13H12FN7/c14-9-2-7(1-8(3-9)11(15)16)4-21-6-20-10-12(17)18-5-19-13(10)21/h1-3,5-6H,4H2,(H3,15,16)(H2,17,18,19). The van der Waals surface area contributed by atoms with Gasteiger partial charge >= 0.3 is 0 Å². The number of benzene rings is 1. The highest BCUT2D eigenvalue weighted by atomic mass is 19.1. The van der Waals surface area contributed by atoms with E-state index in [9.17, 15) is 4.39 Å². The number of hydrogen-bond acceptors (Lipinski definition) is 5. The zero-order chi connectivity index (χ0) is 15.0. The molecule has 0 aliphatic heterocycles. The first-order valence-corrected chi connectivity index (χ1v) is 6.10. The predicted octanol–water partition coefficient (Wildman–Crippen LogP) is 0.880. The summed E-state index contributed by atoms with van der Waals surface area (Å²) >= 11 is 0. The number of nitrogens with two attached hydrogens (primary N) is 2. The van der Waals surface area contributed by atoms with Gasteiger partial charge in [0.2, 0.25) is 0 Å². The molecule has 0 spiro atoms. The van der Waals surface area contributed by atoms with Gasteiger partial charge < -0.3 is 16.0 Å². The molecule has 0 bridgehead atoms. The second-order valence-electron chi connectivity index (χ2n) is 4.57. The Morgan fingerprint density at radius 2 is 2.05 bits per heavy atom. The second-order valence-corrected chi connectivity index (χ2v) is 4.57. The van der Waals surface area contributed by atoms with E-state index in [4.69, 9.17) is 16.9 Å². The third kappa shape index (κ3) is 2.38. The maximum Gasteiger partial charge on any atom is 0.165 e. The molecule has 0 unspecified atom stereocenters. The van der Waals surface area contributed by atoms with E-state index in [1.807, 2.05) is 0 Å². The van der Waals surface area contributed by atoms with Crippen molar-refractivity contribution in [2.75, 3.05) is 5.73 Å². The van der Waals surface area contributed by atoms with E-state index in [1.165, 1.54) is 18.5 Å². The van der Waals surface area contributed by atoms with Crippen LogP contribution in [0.1, 0.15) is 11.1 Å². The van der Waals surface area contributed by atoms with E-state index in [0.717, 1.165) is 0 Å². The Hall–Kier alpha value is -3.03. The predicted molar refractivity (Wildman–Crippen MR) is 76.3 cm³/mol. The highest BCUT2D eigenvalue weighted by Crippen LogP contribution is 2.17. The zero-order valence-corrected chi connectivity index (χ0v) is 10.9. The minimum Gasteiger partial charge on any atom is -0.384 e. The number of nitrogens with one attached hydrogen (secondary N) is 1. The fraction of sp³-hybridized carbons (Fsp3) is 0.0769. The monoisotopic (exact) mass is 285 g/mol. The number of hydrogen-bond donors (Lipinski definition) is 3. The lowest BCUT2D eigenvalue weighted by Crippen LogP contribution is -2.12. The Bertz CT molecular complexity index is 840. The molecule has 0 amide bonds. The molecule has 0 saturated heterocycles. The number of aromatic nitrogens is 4. The Morgan fingerprint density at radius 1 is 1.24 bits per heavy atom. The molecular weight excluding hydrogens is 273 g/mol. The first-order chi connectivity index (χ1) is 10.0. The molecule has 0 atom stereocenters. The molecule has 3 rings (SSSR count). The van der Waals surface area contributed by atoms with Crippen molar-refractivity contribution >= 4 is 22.8 Å². The lowest BCUT2D eigenvalue weighted by Gasteiger charge is -2.07. The number of rotatable bonds is 3. The molecule has 0 aliphatic carbocycles. The highest BCUT2D eigenvalue weighted by Gasteiger charge is 2.09. The number of fused-ring (bicyclic) bond motifs is 1. The Balaban J connectivity index is 2.03. The molecule has 2 aromatic heterocycles. The number of imidazole rings is 1.